The Morgan fingerprint density at radius 1 is 1.28 bits per heavy atom. The van der Waals surface area contributed by atoms with Crippen LogP contribution in [0.1, 0.15) is 64.9 Å². The summed E-state index contributed by atoms with van der Waals surface area (Å²) in [4.78, 5) is 24.9. The summed E-state index contributed by atoms with van der Waals surface area (Å²) in [5, 5.41) is 0. The lowest BCUT2D eigenvalue weighted by atomic mass is 9.81. The summed E-state index contributed by atoms with van der Waals surface area (Å²) in [7, 11) is 1.54. The molecule has 1 saturated carbocycles. The first-order valence-electron chi connectivity index (χ1n) is 10.5. The lowest BCUT2D eigenvalue weighted by Gasteiger charge is -2.24. The highest BCUT2D eigenvalue weighted by Gasteiger charge is 2.77. The Kier molecular flexibility index (Phi) is 5.21. The third kappa shape index (κ3) is 2.86. The van der Waals surface area contributed by atoms with Crippen LogP contribution in [-0.4, -0.2) is 12.9 Å². The molecule has 0 radical (unpaired) electrons. The fourth-order valence-corrected chi connectivity index (χ4v) is 5.95. The van der Waals surface area contributed by atoms with Crippen LogP contribution in [0.15, 0.2) is 32.5 Å². The number of methoxy groups -OCH3 is 1. The van der Waals surface area contributed by atoms with Gasteiger partial charge in [-0.1, -0.05) is 51.0 Å². The van der Waals surface area contributed by atoms with Crippen LogP contribution in [0.2, 0.25) is 0 Å². The molecule has 29 heavy (non-hydrogen) atoms. The molecule has 2 aliphatic rings. The highest BCUT2D eigenvalue weighted by atomic mass is 16.6. The second-order valence-corrected chi connectivity index (χ2v) is 9.35. The molecule has 0 aromatic carbocycles. The molecule has 1 heterocycles. The van der Waals surface area contributed by atoms with Crippen LogP contribution in [0.5, 0.6) is 5.95 Å². The van der Waals surface area contributed by atoms with Gasteiger partial charge in [-0.25, -0.2) is 0 Å². The first-order valence-corrected chi connectivity index (χ1v) is 10.5. The number of hydrogen-bond acceptors (Lipinski definition) is 4. The summed E-state index contributed by atoms with van der Waals surface area (Å²) in [5.74, 6) is 1.76. The SMILES string of the molecule is CCC(=O)[C@H](C)/C=C(\C)C1C(C)=C[C@@]2(C)[C@@H]1[C@]2(C)c1oc(OC)c(C)c(=O)c1C. The van der Waals surface area contributed by atoms with Gasteiger partial charge in [-0.2, -0.15) is 0 Å². The van der Waals surface area contributed by atoms with Gasteiger partial charge in [0.05, 0.1) is 12.7 Å². The third-order valence-corrected chi connectivity index (χ3v) is 7.69. The average molecular weight is 399 g/mol. The minimum Gasteiger partial charge on any atom is -0.468 e. The van der Waals surface area contributed by atoms with Gasteiger partial charge in [-0.3, -0.25) is 9.59 Å². The van der Waals surface area contributed by atoms with Crippen LogP contribution in [0.3, 0.4) is 0 Å². The molecule has 0 spiro atoms. The minimum atomic E-state index is -0.283. The van der Waals surface area contributed by atoms with Crippen LogP contribution < -0.4 is 10.2 Å². The number of hydrogen-bond donors (Lipinski definition) is 0. The molecule has 1 aromatic rings. The van der Waals surface area contributed by atoms with Crippen molar-refractivity contribution in [1.82, 2.24) is 0 Å². The van der Waals surface area contributed by atoms with Crippen LogP contribution >= 0.6 is 0 Å². The number of fused-ring (bicyclic) bond motifs is 1. The van der Waals surface area contributed by atoms with Crippen molar-refractivity contribution in [1.29, 1.82) is 0 Å². The summed E-state index contributed by atoms with van der Waals surface area (Å²) in [6.07, 6.45) is 5.02. The molecule has 1 fully saturated rings. The van der Waals surface area contributed by atoms with E-state index in [1.807, 2.05) is 20.8 Å². The number of allylic oxidation sites excluding steroid dienone is 4. The van der Waals surface area contributed by atoms with Crippen molar-refractivity contribution < 1.29 is 13.9 Å². The fourth-order valence-electron chi connectivity index (χ4n) is 5.95. The summed E-state index contributed by atoms with van der Waals surface area (Å²) >= 11 is 0. The van der Waals surface area contributed by atoms with E-state index >= 15 is 0 Å². The number of ketones is 1. The third-order valence-electron chi connectivity index (χ3n) is 7.69. The van der Waals surface area contributed by atoms with E-state index in [1.54, 1.807) is 6.92 Å². The Bertz CT molecular complexity index is 979. The Balaban J connectivity index is 2.08. The van der Waals surface area contributed by atoms with E-state index in [0.29, 0.717) is 29.4 Å². The van der Waals surface area contributed by atoms with Gasteiger partial charge in [0.1, 0.15) is 11.5 Å². The molecule has 1 aromatic heterocycles. The largest absolute Gasteiger partial charge is 0.468 e. The lowest BCUT2D eigenvalue weighted by molar-refractivity contribution is -0.120. The van der Waals surface area contributed by atoms with E-state index in [9.17, 15) is 9.59 Å². The van der Waals surface area contributed by atoms with Gasteiger partial charge in [-0.05, 0) is 33.6 Å². The maximum absolute atomic E-state index is 12.8. The van der Waals surface area contributed by atoms with Gasteiger partial charge in [-0.15, -0.1) is 0 Å². The average Bonchev–Trinajstić information content (AvgIpc) is 2.98. The molecule has 5 atom stereocenters. The number of carbonyl (C=O) groups excluding carboxylic acids is 1. The molecular formula is C25H34O4. The smallest absolute Gasteiger partial charge is 0.291 e. The normalized spacial score (nSPS) is 31.9. The summed E-state index contributed by atoms with van der Waals surface area (Å²) in [6.45, 7) is 16.2. The number of ether oxygens (including phenoxy) is 1. The highest BCUT2D eigenvalue weighted by molar-refractivity contribution is 5.82. The van der Waals surface area contributed by atoms with Crippen molar-refractivity contribution in [3.63, 3.8) is 0 Å². The van der Waals surface area contributed by atoms with Crippen LogP contribution in [0, 0.1) is 37.0 Å². The number of Topliss-reactive ketones (excluding diaryl/α,β-unsaturated/α-hetero) is 1. The maximum atomic E-state index is 12.8. The van der Waals surface area contributed by atoms with Gasteiger partial charge in [0, 0.05) is 34.7 Å². The molecule has 0 amide bonds. The van der Waals surface area contributed by atoms with Crippen LogP contribution in [0.4, 0.5) is 0 Å². The van der Waals surface area contributed by atoms with Gasteiger partial charge in [0.2, 0.25) is 0 Å². The molecule has 4 nitrogen and oxygen atoms in total. The predicted octanol–water partition coefficient (Wildman–Crippen LogP) is 5.30. The predicted molar refractivity (Wildman–Crippen MR) is 115 cm³/mol. The van der Waals surface area contributed by atoms with Gasteiger partial charge in [0.25, 0.3) is 5.95 Å². The molecular weight excluding hydrogens is 364 g/mol. The Morgan fingerprint density at radius 3 is 2.45 bits per heavy atom. The first-order chi connectivity index (χ1) is 13.4. The van der Waals surface area contributed by atoms with Crippen molar-refractivity contribution in [3.8, 4) is 5.95 Å². The van der Waals surface area contributed by atoms with Crippen molar-refractivity contribution in [2.75, 3.05) is 7.11 Å². The highest BCUT2D eigenvalue weighted by Crippen LogP contribution is 2.78. The van der Waals surface area contributed by atoms with Crippen molar-refractivity contribution in [2.24, 2.45) is 23.2 Å². The molecule has 0 N–H and O–H groups in total. The Hall–Kier alpha value is -2.10. The zero-order chi connectivity index (χ0) is 21.9. The summed E-state index contributed by atoms with van der Waals surface area (Å²) in [6, 6.07) is 0. The van der Waals surface area contributed by atoms with E-state index in [2.05, 4.69) is 39.8 Å². The second kappa shape index (κ2) is 7.00. The quantitative estimate of drug-likeness (QED) is 0.611. The van der Waals surface area contributed by atoms with Crippen molar-refractivity contribution >= 4 is 5.78 Å². The van der Waals surface area contributed by atoms with Gasteiger partial charge in [0.15, 0.2) is 5.43 Å². The van der Waals surface area contributed by atoms with Crippen LogP contribution in [0.25, 0.3) is 0 Å². The standard InChI is InChI=1S/C25H34O4/c1-10-18(26)13(2)11-14(3)19-15(4)12-24(7)21(19)25(24,8)22-16(5)20(27)17(6)23(28-9)29-22/h11-13,19,21H,10H2,1-9H3/b14-11+/t13-,19?,21-,24+,25-/m1/s1. The second-order valence-electron chi connectivity index (χ2n) is 9.35. The minimum absolute atomic E-state index is 0.00965. The fraction of sp³-hybridized carbons (Fsp3) is 0.600. The van der Waals surface area contributed by atoms with Crippen molar-refractivity contribution in [2.45, 2.75) is 67.2 Å². The summed E-state index contributed by atoms with van der Waals surface area (Å²) < 4.78 is 11.5. The monoisotopic (exact) mass is 398 g/mol. The van der Waals surface area contributed by atoms with E-state index in [4.69, 9.17) is 9.15 Å². The molecule has 0 bridgehead atoms. The molecule has 0 saturated heterocycles. The number of carbonyl (C=O) groups is 1. The lowest BCUT2D eigenvalue weighted by Crippen LogP contribution is -2.23. The van der Waals surface area contributed by atoms with Gasteiger partial charge >= 0.3 is 0 Å². The molecule has 4 heteroatoms. The molecule has 2 aliphatic carbocycles. The Morgan fingerprint density at radius 2 is 1.90 bits per heavy atom. The van der Waals surface area contributed by atoms with Gasteiger partial charge < -0.3 is 9.15 Å². The number of rotatable bonds is 6. The topological polar surface area (TPSA) is 56.5 Å². The van der Waals surface area contributed by atoms with E-state index in [0.717, 1.165) is 5.76 Å². The van der Waals surface area contributed by atoms with E-state index in [-0.39, 0.29) is 33.9 Å². The van der Waals surface area contributed by atoms with Crippen molar-refractivity contribution in [3.05, 3.63) is 50.4 Å². The van der Waals surface area contributed by atoms with E-state index in [1.165, 1.54) is 18.3 Å². The maximum Gasteiger partial charge on any atom is 0.291 e. The Labute approximate surface area is 174 Å². The van der Waals surface area contributed by atoms with Crippen LogP contribution in [-0.2, 0) is 10.2 Å². The molecule has 0 aliphatic heterocycles. The molecule has 1 unspecified atom stereocenters. The van der Waals surface area contributed by atoms with E-state index < -0.39 is 0 Å². The first kappa shape index (κ1) is 21.6. The molecule has 158 valence electrons. The zero-order valence-electron chi connectivity index (χ0n) is 19.2. The molecule has 3 rings (SSSR count). The summed E-state index contributed by atoms with van der Waals surface area (Å²) in [5.41, 5.74) is 3.36. The zero-order valence-corrected chi connectivity index (χ0v) is 19.2.